The molecule has 0 radical (unpaired) electrons. The molecule has 0 spiro atoms. The molecule has 0 aromatic carbocycles. The van der Waals surface area contributed by atoms with Crippen molar-refractivity contribution in [3.05, 3.63) is 0 Å². The SMILES string of the molecule is CCC(C)(C/N=N/CC(C)(CC)C(=O)O)C(=O)O. The van der Waals surface area contributed by atoms with Crippen LogP contribution in [0.4, 0.5) is 0 Å². The van der Waals surface area contributed by atoms with Gasteiger partial charge < -0.3 is 10.2 Å². The van der Waals surface area contributed by atoms with E-state index in [1.165, 1.54) is 0 Å². The van der Waals surface area contributed by atoms with Gasteiger partial charge in [0.05, 0.1) is 23.9 Å². The van der Waals surface area contributed by atoms with Gasteiger partial charge in [-0.2, -0.15) is 10.2 Å². The number of carbonyl (C=O) groups is 2. The van der Waals surface area contributed by atoms with E-state index in [4.69, 9.17) is 10.2 Å². The van der Waals surface area contributed by atoms with Crippen molar-refractivity contribution in [3.8, 4) is 0 Å². The van der Waals surface area contributed by atoms with Crippen molar-refractivity contribution < 1.29 is 19.8 Å². The third-order valence-electron chi connectivity index (χ3n) is 3.53. The van der Waals surface area contributed by atoms with Gasteiger partial charge in [0.1, 0.15) is 0 Å². The first-order valence-electron chi connectivity index (χ1n) is 6.02. The summed E-state index contributed by atoms with van der Waals surface area (Å²) in [5.41, 5.74) is -1.87. The molecule has 0 heterocycles. The first-order chi connectivity index (χ1) is 8.22. The van der Waals surface area contributed by atoms with Gasteiger partial charge in [-0.1, -0.05) is 13.8 Å². The molecule has 0 aliphatic heterocycles. The predicted octanol–water partition coefficient (Wildman–Crippen LogP) is 2.44. The lowest BCUT2D eigenvalue weighted by atomic mass is 9.87. The van der Waals surface area contributed by atoms with E-state index in [2.05, 4.69) is 10.2 Å². The van der Waals surface area contributed by atoms with Crippen LogP contribution in [0.2, 0.25) is 0 Å². The van der Waals surface area contributed by atoms with Crippen LogP contribution in [0.3, 0.4) is 0 Å². The third-order valence-corrected chi connectivity index (χ3v) is 3.53. The first-order valence-corrected chi connectivity index (χ1v) is 6.02. The van der Waals surface area contributed by atoms with Crippen LogP contribution in [0.1, 0.15) is 40.5 Å². The molecule has 0 aromatic rings. The van der Waals surface area contributed by atoms with Crippen LogP contribution in [0.15, 0.2) is 10.2 Å². The van der Waals surface area contributed by atoms with E-state index in [9.17, 15) is 9.59 Å². The predicted molar refractivity (Wildman–Crippen MR) is 66.7 cm³/mol. The Hall–Kier alpha value is -1.46. The maximum Gasteiger partial charge on any atom is 0.311 e. The molecule has 0 fully saturated rings. The van der Waals surface area contributed by atoms with E-state index in [0.29, 0.717) is 12.8 Å². The van der Waals surface area contributed by atoms with Gasteiger partial charge in [0, 0.05) is 0 Å². The highest BCUT2D eigenvalue weighted by molar-refractivity contribution is 5.74. The second kappa shape index (κ2) is 6.47. The summed E-state index contributed by atoms with van der Waals surface area (Å²) in [6, 6.07) is 0. The molecule has 2 atom stereocenters. The Balaban J connectivity index is 4.52. The molecule has 0 aliphatic carbocycles. The van der Waals surface area contributed by atoms with E-state index < -0.39 is 22.8 Å². The van der Waals surface area contributed by atoms with Crippen LogP contribution in [0.25, 0.3) is 0 Å². The molecule has 104 valence electrons. The number of rotatable bonds is 8. The number of aliphatic carboxylic acids is 2. The van der Waals surface area contributed by atoms with Gasteiger partial charge in [-0.05, 0) is 26.7 Å². The minimum absolute atomic E-state index is 0.0677. The lowest BCUT2D eigenvalue weighted by Gasteiger charge is -2.21. The minimum atomic E-state index is -0.935. The summed E-state index contributed by atoms with van der Waals surface area (Å²) in [6.45, 7) is 6.89. The molecule has 0 aliphatic rings. The summed E-state index contributed by atoms with van der Waals surface area (Å²) >= 11 is 0. The second-order valence-corrected chi connectivity index (χ2v) is 5.04. The second-order valence-electron chi connectivity index (χ2n) is 5.04. The van der Waals surface area contributed by atoms with Crippen LogP contribution in [0.5, 0.6) is 0 Å². The molecule has 0 amide bonds. The van der Waals surface area contributed by atoms with Crippen molar-refractivity contribution in [1.29, 1.82) is 0 Å². The largest absolute Gasteiger partial charge is 0.481 e. The molecule has 0 aromatic heterocycles. The normalized spacial score (nSPS) is 18.2. The van der Waals surface area contributed by atoms with Crippen molar-refractivity contribution in [2.45, 2.75) is 40.5 Å². The lowest BCUT2D eigenvalue weighted by Crippen LogP contribution is -2.31. The highest BCUT2D eigenvalue weighted by atomic mass is 16.4. The molecule has 6 nitrogen and oxygen atoms in total. The van der Waals surface area contributed by atoms with Gasteiger partial charge in [-0.25, -0.2) is 0 Å². The monoisotopic (exact) mass is 258 g/mol. The number of hydrogen-bond donors (Lipinski definition) is 2. The number of hydrogen-bond acceptors (Lipinski definition) is 4. The number of carboxylic acid groups (broad SMARTS) is 2. The summed E-state index contributed by atoms with van der Waals surface area (Å²) < 4.78 is 0. The van der Waals surface area contributed by atoms with Crippen molar-refractivity contribution in [2.75, 3.05) is 13.1 Å². The van der Waals surface area contributed by atoms with Crippen molar-refractivity contribution in [1.82, 2.24) is 0 Å². The maximum absolute atomic E-state index is 11.0. The Labute approximate surface area is 107 Å². The zero-order chi connectivity index (χ0) is 14.4. The van der Waals surface area contributed by atoms with Crippen LogP contribution in [-0.2, 0) is 9.59 Å². The summed E-state index contributed by atoms with van der Waals surface area (Å²) in [4.78, 5) is 22.0. The van der Waals surface area contributed by atoms with Gasteiger partial charge >= 0.3 is 11.9 Å². The number of carboxylic acids is 2. The Morgan fingerprint density at radius 3 is 1.33 bits per heavy atom. The van der Waals surface area contributed by atoms with Gasteiger partial charge in [0.25, 0.3) is 0 Å². The molecule has 0 rings (SSSR count). The fraction of sp³-hybridized carbons (Fsp3) is 0.833. The zero-order valence-electron chi connectivity index (χ0n) is 11.4. The molecule has 2 unspecified atom stereocenters. The van der Waals surface area contributed by atoms with Crippen molar-refractivity contribution >= 4 is 11.9 Å². The fourth-order valence-electron chi connectivity index (χ4n) is 1.07. The van der Waals surface area contributed by atoms with Gasteiger partial charge in [0.2, 0.25) is 0 Å². The van der Waals surface area contributed by atoms with Crippen LogP contribution in [-0.4, -0.2) is 35.2 Å². The van der Waals surface area contributed by atoms with Crippen LogP contribution >= 0.6 is 0 Å². The molecular weight excluding hydrogens is 236 g/mol. The van der Waals surface area contributed by atoms with Crippen molar-refractivity contribution in [2.24, 2.45) is 21.1 Å². The summed E-state index contributed by atoms with van der Waals surface area (Å²) in [6.07, 6.45) is 0.899. The topological polar surface area (TPSA) is 99.3 Å². The van der Waals surface area contributed by atoms with Crippen molar-refractivity contribution in [3.63, 3.8) is 0 Å². The number of nitrogens with zero attached hydrogens (tertiary/aromatic N) is 2. The Bertz CT molecular complexity index is 311. The average Bonchev–Trinajstić information content (AvgIpc) is 2.33. The Kier molecular flexibility index (Phi) is 5.94. The summed E-state index contributed by atoms with van der Waals surface area (Å²) in [5, 5.41) is 25.7. The Morgan fingerprint density at radius 1 is 0.889 bits per heavy atom. The molecule has 6 heteroatoms. The molecule has 2 N–H and O–H groups in total. The highest BCUT2D eigenvalue weighted by Gasteiger charge is 2.32. The lowest BCUT2D eigenvalue weighted by molar-refractivity contribution is -0.148. The van der Waals surface area contributed by atoms with Gasteiger partial charge in [0.15, 0.2) is 0 Å². The van der Waals surface area contributed by atoms with E-state index in [1.807, 2.05) is 0 Å². The zero-order valence-corrected chi connectivity index (χ0v) is 11.4. The van der Waals surface area contributed by atoms with Crippen LogP contribution in [0, 0.1) is 10.8 Å². The van der Waals surface area contributed by atoms with E-state index in [0.717, 1.165) is 0 Å². The van der Waals surface area contributed by atoms with E-state index >= 15 is 0 Å². The van der Waals surface area contributed by atoms with Gasteiger partial charge in [-0.3, -0.25) is 9.59 Å². The molecule has 0 saturated heterocycles. The van der Waals surface area contributed by atoms with E-state index in [1.54, 1.807) is 27.7 Å². The summed E-state index contributed by atoms with van der Waals surface area (Å²) in [7, 11) is 0. The minimum Gasteiger partial charge on any atom is -0.481 e. The smallest absolute Gasteiger partial charge is 0.311 e. The van der Waals surface area contributed by atoms with Gasteiger partial charge in [-0.15, -0.1) is 0 Å². The number of azo groups is 1. The summed E-state index contributed by atoms with van der Waals surface area (Å²) in [5.74, 6) is -1.83. The molecular formula is C12H22N2O4. The third kappa shape index (κ3) is 4.09. The Morgan fingerprint density at radius 2 is 1.17 bits per heavy atom. The average molecular weight is 258 g/mol. The van der Waals surface area contributed by atoms with E-state index in [-0.39, 0.29) is 13.1 Å². The molecule has 0 bridgehead atoms. The van der Waals surface area contributed by atoms with Crippen LogP contribution < -0.4 is 0 Å². The molecule has 18 heavy (non-hydrogen) atoms. The first kappa shape index (κ1) is 16.5. The highest BCUT2D eigenvalue weighted by Crippen LogP contribution is 2.24. The maximum atomic E-state index is 11.0. The quantitative estimate of drug-likeness (QED) is 0.653. The standard InChI is InChI=1S/C12H22N2O4/c1-5-11(3,9(15)16)7-13-14-8-12(4,6-2)10(17)18/h5-8H2,1-4H3,(H,15,16)(H,17,18)/b14-13+. The molecule has 0 saturated carbocycles. The fourth-order valence-corrected chi connectivity index (χ4v) is 1.07.